The number of nitrogens with zero attached hydrogens (tertiary/aromatic N) is 2. The van der Waals surface area contributed by atoms with Crippen LogP contribution >= 0.6 is 23.2 Å². The van der Waals surface area contributed by atoms with E-state index in [0.717, 1.165) is 5.56 Å². The molecule has 0 saturated heterocycles. The summed E-state index contributed by atoms with van der Waals surface area (Å²) >= 11 is 12.2. The summed E-state index contributed by atoms with van der Waals surface area (Å²) in [4.78, 5) is 30.9. The monoisotopic (exact) mass is 523 g/mol. The van der Waals surface area contributed by atoms with Gasteiger partial charge in [-0.25, -0.2) is 0 Å². The maximum Gasteiger partial charge on any atom is 0.252 e. The van der Waals surface area contributed by atoms with Crippen LogP contribution < -0.4 is 26.3 Å². The maximum atomic E-state index is 13.0. The van der Waals surface area contributed by atoms with Gasteiger partial charge >= 0.3 is 0 Å². The zero-order chi connectivity index (χ0) is 26.0. The van der Waals surface area contributed by atoms with E-state index in [4.69, 9.17) is 44.1 Å². The fourth-order valence-electron chi connectivity index (χ4n) is 3.24. The van der Waals surface area contributed by atoms with Crippen molar-refractivity contribution in [3.8, 4) is 11.5 Å². The smallest absolute Gasteiger partial charge is 0.252 e. The molecule has 9 nitrogen and oxygen atoms in total. The first-order valence-electron chi connectivity index (χ1n) is 10.9. The van der Waals surface area contributed by atoms with E-state index in [1.165, 1.54) is 12.0 Å². The molecule has 0 aliphatic carbocycles. The number of halogens is 2. The normalized spacial score (nSPS) is 11.3. The Bertz CT molecular complexity index is 1060. The van der Waals surface area contributed by atoms with Crippen LogP contribution in [0.1, 0.15) is 28.8 Å². The lowest BCUT2D eigenvalue weighted by Gasteiger charge is -2.22. The molecule has 2 rings (SSSR count). The number of methoxy groups -OCH3 is 1. The van der Waals surface area contributed by atoms with Crippen molar-refractivity contribution in [2.45, 2.75) is 25.3 Å². The van der Waals surface area contributed by atoms with E-state index >= 15 is 0 Å². The Morgan fingerprint density at radius 3 is 2.49 bits per heavy atom. The number of guanidine groups is 1. The number of benzene rings is 2. The van der Waals surface area contributed by atoms with Gasteiger partial charge in [-0.3, -0.25) is 14.6 Å². The Kier molecular flexibility index (Phi) is 10.9. The SMILES string of the molecule is COc1ccc(C(=O)N[C@@H](CCCN=C(N)N)C(=O)N(C)C)cc1OCCc1ccc(Cl)cc1Cl. The van der Waals surface area contributed by atoms with Gasteiger partial charge in [0, 0.05) is 42.7 Å². The van der Waals surface area contributed by atoms with Gasteiger partial charge in [-0.15, -0.1) is 0 Å². The molecule has 0 radical (unpaired) electrons. The zero-order valence-electron chi connectivity index (χ0n) is 20.0. The summed E-state index contributed by atoms with van der Waals surface area (Å²) in [5.74, 6) is 0.206. The number of likely N-dealkylation sites (N-methyl/N-ethyl adjacent to an activating group) is 1. The summed E-state index contributed by atoms with van der Waals surface area (Å²) in [5, 5.41) is 3.91. The van der Waals surface area contributed by atoms with E-state index in [1.807, 2.05) is 6.07 Å². The topological polar surface area (TPSA) is 132 Å². The average molecular weight is 524 g/mol. The third-order valence-corrected chi connectivity index (χ3v) is 5.65. The molecule has 0 heterocycles. The Morgan fingerprint density at radius 2 is 1.86 bits per heavy atom. The van der Waals surface area contributed by atoms with Crippen molar-refractivity contribution in [3.63, 3.8) is 0 Å². The third kappa shape index (κ3) is 8.84. The number of hydrogen-bond donors (Lipinski definition) is 3. The van der Waals surface area contributed by atoms with Gasteiger partial charge < -0.3 is 31.2 Å². The van der Waals surface area contributed by atoms with Crippen molar-refractivity contribution in [1.29, 1.82) is 0 Å². The van der Waals surface area contributed by atoms with Crippen molar-refractivity contribution >= 4 is 41.0 Å². The molecule has 0 bridgehead atoms. The van der Waals surface area contributed by atoms with E-state index in [0.29, 0.717) is 59.5 Å². The van der Waals surface area contributed by atoms with Crippen LogP contribution in [0.3, 0.4) is 0 Å². The molecule has 11 heteroatoms. The Labute approximate surface area is 215 Å². The van der Waals surface area contributed by atoms with Gasteiger partial charge in [0.15, 0.2) is 17.5 Å². The standard InChI is InChI=1S/C24H31Cl2N5O4/c1-31(2)23(33)19(5-4-11-29-24(27)28)30-22(32)16-7-9-20(34-3)21(13-16)35-12-10-15-6-8-17(25)14-18(15)26/h6-9,13-14,19H,4-5,10-12H2,1-3H3,(H,30,32)(H4,27,28,29)/t19-/m0/s1. The van der Waals surface area contributed by atoms with E-state index in [9.17, 15) is 9.59 Å². The Morgan fingerprint density at radius 1 is 1.11 bits per heavy atom. The highest BCUT2D eigenvalue weighted by Crippen LogP contribution is 2.29. The lowest BCUT2D eigenvalue weighted by molar-refractivity contribution is -0.130. The van der Waals surface area contributed by atoms with Crippen molar-refractivity contribution in [1.82, 2.24) is 10.2 Å². The maximum absolute atomic E-state index is 13.0. The molecule has 5 N–H and O–H groups in total. The molecule has 0 unspecified atom stereocenters. The molecular formula is C24H31Cl2N5O4. The first kappa shape index (κ1) is 28.1. The minimum atomic E-state index is -0.731. The second-order valence-corrected chi connectivity index (χ2v) is 8.75. The molecule has 0 spiro atoms. The largest absolute Gasteiger partial charge is 0.493 e. The first-order chi connectivity index (χ1) is 16.6. The van der Waals surface area contributed by atoms with Crippen molar-refractivity contribution in [2.75, 3.05) is 34.4 Å². The lowest BCUT2D eigenvalue weighted by Crippen LogP contribution is -2.46. The fourth-order valence-corrected chi connectivity index (χ4v) is 3.74. The van der Waals surface area contributed by atoms with Crippen LogP contribution in [0.25, 0.3) is 0 Å². The predicted molar refractivity (Wildman–Crippen MR) is 139 cm³/mol. The molecule has 0 aliphatic heterocycles. The quantitative estimate of drug-likeness (QED) is 0.222. The first-order valence-corrected chi connectivity index (χ1v) is 11.7. The molecule has 2 aromatic carbocycles. The van der Waals surface area contributed by atoms with Gasteiger partial charge in [0.25, 0.3) is 5.91 Å². The summed E-state index contributed by atoms with van der Waals surface area (Å²) < 4.78 is 11.3. The Balaban J connectivity index is 2.10. The van der Waals surface area contributed by atoms with Crippen LogP contribution in [0.15, 0.2) is 41.4 Å². The third-order valence-electron chi connectivity index (χ3n) is 5.06. The number of rotatable bonds is 12. The summed E-state index contributed by atoms with van der Waals surface area (Å²) in [7, 11) is 4.77. The highest BCUT2D eigenvalue weighted by atomic mass is 35.5. The molecule has 2 amide bonds. The van der Waals surface area contributed by atoms with Crippen LogP contribution in [0.4, 0.5) is 0 Å². The number of carbonyl (C=O) groups excluding carboxylic acids is 2. The Hall–Kier alpha value is -3.17. The van der Waals surface area contributed by atoms with Gasteiger partial charge in [-0.2, -0.15) is 0 Å². The second kappa shape index (κ2) is 13.7. The molecular weight excluding hydrogens is 493 g/mol. The number of carbonyl (C=O) groups is 2. The molecule has 35 heavy (non-hydrogen) atoms. The van der Waals surface area contributed by atoms with E-state index in [1.54, 1.807) is 44.4 Å². The summed E-state index contributed by atoms with van der Waals surface area (Å²) in [6.45, 7) is 0.656. The van der Waals surface area contributed by atoms with E-state index < -0.39 is 11.9 Å². The van der Waals surface area contributed by atoms with Crippen molar-refractivity contribution in [3.05, 3.63) is 57.6 Å². The van der Waals surface area contributed by atoms with Crippen molar-refractivity contribution in [2.24, 2.45) is 16.5 Å². The minimum Gasteiger partial charge on any atom is -0.493 e. The number of ether oxygens (including phenoxy) is 2. The number of nitrogens with two attached hydrogens (primary N) is 2. The van der Waals surface area contributed by atoms with Crippen LogP contribution in [0.5, 0.6) is 11.5 Å². The van der Waals surface area contributed by atoms with Gasteiger partial charge in [-0.05, 0) is 48.7 Å². The highest BCUT2D eigenvalue weighted by Gasteiger charge is 2.23. The molecule has 2 aromatic rings. The highest BCUT2D eigenvalue weighted by molar-refractivity contribution is 6.35. The van der Waals surface area contributed by atoms with Crippen LogP contribution in [-0.2, 0) is 11.2 Å². The number of nitrogens with one attached hydrogen (secondary N) is 1. The number of amides is 2. The summed E-state index contributed by atoms with van der Waals surface area (Å²) in [5.41, 5.74) is 11.9. The molecule has 0 aliphatic rings. The zero-order valence-corrected chi connectivity index (χ0v) is 21.5. The molecule has 0 saturated carbocycles. The van der Waals surface area contributed by atoms with Crippen molar-refractivity contribution < 1.29 is 19.1 Å². The average Bonchev–Trinajstić information content (AvgIpc) is 2.81. The lowest BCUT2D eigenvalue weighted by atomic mass is 10.1. The summed E-state index contributed by atoms with van der Waals surface area (Å²) in [6.07, 6.45) is 1.43. The summed E-state index contributed by atoms with van der Waals surface area (Å²) in [6, 6.07) is 9.36. The fraction of sp³-hybridized carbons (Fsp3) is 0.375. The number of aliphatic imine (C=N–C) groups is 1. The van der Waals surface area contributed by atoms with E-state index in [2.05, 4.69) is 10.3 Å². The minimum absolute atomic E-state index is 0.0198. The molecule has 0 fully saturated rings. The van der Waals surface area contributed by atoms with E-state index in [-0.39, 0.29) is 11.9 Å². The van der Waals surface area contributed by atoms with Gasteiger partial charge in [0.1, 0.15) is 6.04 Å². The van der Waals surface area contributed by atoms with Crippen LogP contribution in [0.2, 0.25) is 10.0 Å². The number of hydrogen-bond acceptors (Lipinski definition) is 5. The molecule has 1 atom stereocenters. The van der Waals surface area contributed by atoms with Crippen LogP contribution in [0, 0.1) is 0 Å². The molecule has 0 aromatic heterocycles. The van der Waals surface area contributed by atoms with Gasteiger partial charge in [0.05, 0.1) is 13.7 Å². The van der Waals surface area contributed by atoms with Gasteiger partial charge in [-0.1, -0.05) is 29.3 Å². The second-order valence-electron chi connectivity index (χ2n) is 7.91. The van der Waals surface area contributed by atoms with Crippen LogP contribution in [-0.4, -0.2) is 63.1 Å². The molecule has 190 valence electrons. The van der Waals surface area contributed by atoms with Gasteiger partial charge in [0.2, 0.25) is 5.91 Å². The predicted octanol–water partition coefficient (Wildman–Crippen LogP) is 2.86.